The highest BCUT2D eigenvalue weighted by Gasteiger charge is 2.01. The number of thiophene rings is 1. The van der Waals surface area contributed by atoms with Crippen molar-refractivity contribution in [2.45, 2.75) is 6.54 Å². The predicted octanol–water partition coefficient (Wildman–Crippen LogP) is 5.02. The van der Waals surface area contributed by atoms with E-state index < -0.39 is 0 Å². The van der Waals surface area contributed by atoms with Crippen molar-refractivity contribution < 1.29 is 4.39 Å². The van der Waals surface area contributed by atoms with Crippen LogP contribution in [0.25, 0.3) is 0 Å². The van der Waals surface area contributed by atoms with Crippen molar-refractivity contribution in [2.75, 3.05) is 5.32 Å². The third-order valence-corrected chi connectivity index (χ3v) is 4.35. The lowest BCUT2D eigenvalue weighted by Crippen LogP contribution is -1.97. The van der Waals surface area contributed by atoms with E-state index in [0.717, 1.165) is 10.2 Å². The summed E-state index contributed by atoms with van der Waals surface area (Å²) in [6.07, 6.45) is 0. The van der Waals surface area contributed by atoms with E-state index in [4.69, 9.17) is 0 Å². The van der Waals surface area contributed by atoms with E-state index in [1.807, 2.05) is 17.5 Å². The molecular formula is C11H8Br2FNS. The highest BCUT2D eigenvalue weighted by atomic mass is 79.9. The first-order chi connectivity index (χ1) is 7.65. The van der Waals surface area contributed by atoms with Gasteiger partial charge in [0.2, 0.25) is 0 Å². The summed E-state index contributed by atoms with van der Waals surface area (Å²) < 4.78 is 14.8. The number of hydrogen-bond donors (Lipinski definition) is 1. The van der Waals surface area contributed by atoms with Crippen LogP contribution in [0.2, 0.25) is 0 Å². The number of rotatable bonds is 3. The molecule has 1 nitrogen and oxygen atoms in total. The highest BCUT2D eigenvalue weighted by Crippen LogP contribution is 2.22. The molecule has 0 saturated heterocycles. The number of halogens is 3. The smallest absolute Gasteiger partial charge is 0.139 e. The second-order valence-electron chi connectivity index (χ2n) is 3.21. The van der Waals surface area contributed by atoms with E-state index in [0.29, 0.717) is 11.0 Å². The molecule has 5 heteroatoms. The summed E-state index contributed by atoms with van der Waals surface area (Å²) in [4.78, 5) is 1.20. The third kappa shape index (κ3) is 3.06. The maximum Gasteiger partial charge on any atom is 0.139 e. The Balaban J connectivity index is 2.02. The SMILES string of the molecule is Fc1cc(NCc2cc(Br)cs2)ccc1Br. The van der Waals surface area contributed by atoms with Crippen molar-refractivity contribution in [2.24, 2.45) is 0 Å². The summed E-state index contributed by atoms with van der Waals surface area (Å²) in [5.41, 5.74) is 0.783. The summed E-state index contributed by atoms with van der Waals surface area (Å²) in [5, 5.41) is 5.20. The van der Waals surface area contributed by atoms with Crippen LogP contribution in [0.5, 0.6) is 0 Å². The zero-order valence-electron chi connectivity index (χ0n) is 8.14. The Morgan fingerprint density at radius 1 is 1.25 bits per heavy atom. The molecule has 0 radical (unpaired) electrons. The molecule has 0 unspecified atom stereocenters. The first kappa shape index (κ1) is 12.1. The molecule has 0 spiro atoms. The zero-order chi connectivity index (χ0) is 11.5. The van der Waals surface area contributed by atoms with Gasteiger partial charge in [-0.1, -0.05) is 0 Å². The van der Waals surface area contributed by atoms with Gasteiger partial charge in [-0.05, 0) is 56.1 Å². The largest absolute Gasteiger partial charge is 0.380 e. The van der Waals surface area contributed by atoms with Crippen LogP contribution in [0.1, 0.15) is 4.88 Å². The van der Waals surface area contributed by atoms with Gasteiger partial charge in [-0.25, -0.2) is 4.39 Å². The van der Waals surface area contributed by atoms with Gasteiger partial charge in [0, 0.05) is 27.0 Å². The molecule has 84 valence electrons. The minimum absolute atomic E-state index is 0.252. The second kappa shape index (κ2) is 5.29. The fourth-order valence-electron chi connectivity index (χ4n) is 1.24. The van der Waals surface area contributed by atoms with Crippen LogP contribution in [-0.4, -0.2) is 0 Å². The van der Waals surface area contributed by atoms with E-state index in [9.17, 15) is 4.39 Å². The summed E-state index contributed by atoms with van der Waals surface area (Å²) >= 11 is 8.18. The Morgan fingerprint density at radius 3 is 2.69 bits per heavy atom. The van der Waals surface area contributed by atoms with E-state index in [1.165, 1.54) is 10.9 Å². The predicted molar refractivity (Wildman–Crippen MR) is 73.4 cm³/mol. The molecule has 0 bridgehead atoms. The molecule has 0 saturated carbocycles. The molecule has 0 aliphatic heterocycles. The molecule has 1 aromatic carbocycles. The summed E-state index contributed by atoms with van der Waals surface area (Å²) in [5.74, 6) is -0.252. The lowest BCUT2D eigenvalue weighted by molar-refractivity contribution is 0.621. The molecule has 2 aromatic rings. The second-order valence-corrected chi connectivity index (χ2v) is 5.98. The fraction of sp³-hybridized carbons (Fsp3) is 0.0909. The third-order valence-electron chi connectivity index (χ3n) is 2.01. The van der Waals surface area contributed by atoms with Gasteiger partial charge in [0.05, 0.1) is 4.47 Å². The monoisotopic (exact) mass is 363 g/mol. The Kier molecular flexibility index (Phi) is 4.00. The quantitative estimate of drug-likeness (QED) is 0.805. The molecule has 0 fully saturated rings. The molecule has 1 aromatic heterocycles. The van der Waals surface area contributed by atoms with E-state index in [-0.39, 0.29) is 5.82 Å². The molecule has 0 aliphatic rings. The molecule has 0 aliphatic carbocycles. The zero-order valence-corrected chi connectivity index (χ0v) is 12.1. The van der Waals surface area contributed by atoms with Crippen molar-refractivity contribution in [1.29, 1.82) is 0 Å². The van der Waals surface area contributed by atoms with Gasteiger partial charge >= 0.3 is 0 Å². The molecule has 2 rings (SSSR count). The number of benzene rings is 1. The molecule has 0 atom stereocenters. The summed E-state index contributed by atoms with van der Waals surface area (Å²) in [6, 6.07) is 7.07. The number of nitrogens with one attached hydrogen (secondary N) is 1. The maximum atomic E-state index is 13.2. The lowest BCUT2D eigenvalue weighted by Gasteiger charge is -2.05. The Labute approximate surface area is 114 Å². The molecule has 1 N–H and O–H groups in total. The fourth-order valence-corrected chi connectivity index (χ4v) is 2.88. The van der Waals surface area contributed by atoms with E-state index in [2.05, 4.69) is 37.2 Å². The molecule has 1 heterocycles. The van der Waals surface area contributed by atoms with Gasteiger partial charge in [-0.3, -0.25) is 0 Å². The van der Waals surface area contributed by atoms with Crippen molar-refractivity contribution >= 4 is 48.9 Å². The summed E-state index contributed by atoms with van der Waals surface area (Å²) in [6.45, 7) is 0.706. The van der Waals surface area contributed by atoms with Gasteiger partial charge in [0.25, 0.3) is 0 Å². The summed E-state index contributed by atoms with van der Waals surface area (Å²) in [7, 11) is 0. The Hall–Kier alpha value is -0.390. The van der Waals surface area contributed by atoms with Crippen molar-refractivity contribution in [3.05, 3.63) is 49.3 Å². The molecular weight excluding hydrogens is 357 g/mol. The van der Waals surface area contributed by atoms with E-state index in [1.54, 1.807) is 17.4 Å². The van der Waals surface area contributed by atoms with E-state index >= 15 is 0 Å². The van der Waals surface area contributed by atoms with Crippen LogP contribution in [0.4, 0.5) is 10.1 Å². The van der Waals surface area contributed by atoms with Gasteiger partial charge in [-0.2, -0.15) is 0 Å². The number of anilines is 1. The van der Waals surface area contributed by atoms with Gasteiger partial charge in [0.1, 0.15) is 5.82 Å². The maximum absolute atomic E-state index is 13.2. The van der Waals surface area contributed by atoms with Gasteiger partial charge < -0.3 is 5.32 Å². The average molecular weight is 365 g/mol. The first-order valence-electron chi connectivity index (χ1n) is 4.57. The van der Waals surface area contributed by atoms with Crippen LogP contribution in [0, 0.1) is 5.82 Å². The van der Waals surface area contributed by atoms with Crippen LogP contribution >= 0.6 is 43.2 Å². The van der Waals surface area contributed by atoms with Crippen molar-refractivity contribution in [3.63, 3.8) is 0 Å². The molecule has 0 amide bonds. The lowest BCUT2D eigenvalue weighted by atomic mass is 10.3. The minimum Gasteiger partial charge on any atom is -0.380 e. The van der Waals surface area contributed by atoms with Crippen molar-refractivity contribution in [3.8, 4) is 0 Å². The average Bonchev–Trinajstić information content (AvgIpc) is 2.66. The minimum atomic E-state index is -0.252. The van der Waals surface area contributed by atoms with Crippen LogP contribution < -0.4 is 5.32 Å². The normalized spacial score (nSPS) is 10.4. The topological polar surface area (TPSA) is 12.0 Å². The van der Waals surface area contributed by atoms with Crippen LogP contribution in [-0.2, 0) is 6.54 Å². The first-order valence-corrected chi connectivity index (χ1v) is 7.03. The van der Waals surface area contributed by atoms with Crippen molar-refractivity contribution in [1.82, 2.24) is 0 Å². The highest BCUT2D eigenvalue weighted by molar-refractivity contribution is 9.10. The Morgan fingerprint density at radius 2 is 2.06 bits per heavy atom. The molecule has 16 heavy (non-hydrogen) atoms. The standard InChI is InChI=1S/C11H8Br2FNS/c12-7-3-9(16-6-7)5-15-8-1-2-10(13)11(14)4-8/h1-4,6,15H,5H2. The Bertz CT molecular complexity index is 498. The van der Waals surface area contributed by atoms with Gasteiger partial charge in [-0.15, -0.1) is 11.3 Å². The van der Waals surface area contributed by atoms with Gasteiger partial charge in [0.15, 0.2) is 0 Å². The number of hydrogen-bond acceptors (Lipinski definition) is 2. The van der Waals surface area contributed by atoms with Crippen LogP contribution in [0.3, 0.4) is 0 Å². The van der Waals surface area contributed by atoms with Crippen LogP contribution in [0.15, 0.2) is 38.6 Å².